The predicted molar refractivity (Wildman–Crippen MR) is 98.1 cm³/mol. The highest BCUT2D eigenvalue weighted by Crippen LogP contribution is 2.21. The Balaban J connectivity index is 1.68. The summed E-state index contributed by atoms with van der Waals surface area (Å²) in [5.74, 6) is 0.614. The largest absolute Gasteiger partial charge is 0.493 e. The van der Waals surface area contributed by atoms with E-state index in [1.165, 1.54) is 0 Å². The molecule has 0 spiro atoms. The van der Waals surface area contributed by atoms with Crippen molar-refractivity contribution in [2.45, 2.75) is 19.8 Å². The van der Waals surface area contributed by atoms with Crippen LogP contribution in [-0.2, 0) is 4.79 Å². The fourth-order valence-electron chi connectivity index (χ4n) is 2.01. The zero-order valence-electron chi connectivity index (χ0n) is 13.3. The normalized spacial score (nSPS) is 10.8. The van der Waals surface area contributed by atoms with Gasteiger partial charge in [0.05, 0.1) is 12.8 Å². The summed E-state index contributed by atoms with van der Waals surface area (Å²) in [6.07, 6.45) is 2.48. The summed E-state index contributed by atoms with van der Waals surface area (Å²) >= 11 is 11.8. The number of amides is 1. The summed E-state index contributed by atoms with van der Waals surface area (Å²) in [4.78, 5) is 11.7. The summed E-state index contributed by atoms with van der Waals surface area (Å²) in [6.45, 7) is 2.38. The molecular weight excluding hydrogens is 347 g/mol. The van der Waals surface area contributed by atoms with Crippen molar-refractivity contribution >= 4 is 35.3 Å². The molecule has 2 rings (SSSR count). The molecule has 0 aliphatic heterocycles. The number of ether oxygens (including phenoxy) is 1. The number of benzene rings is 2. The number of nitrogens with one attached hydrogen (secondary N) is 1. The first-order chi connectivity index (χ1) is 11.5. The number of carbonyl (C=O) groups is 1. The van der Waals surface area contributed by atoms with E-state index in [0.717, 1.165) is 16.9 Å². The van der Waals surface area contributed by atoms with Gasteiger partial charge in [-0.3, -0.25) is 4.79 Å². The summed E-state index contributed by atoms with van der Waals surface area (Å²) < 4.78 is 5.64. The minimum Gasteiger partial charge on any atom is -0.493 e. The number of halogens is 2. The van der Waals surface area contributed by atoms with Crippen LogP contribution in [-0.4, -0.2) is 18.7 Å². The van der Waals surface area contributed by atoms with Crippen molar-refractivity contribution in [3.63, 3.8) is 0 Å². The van der Waals surface area contributed by atoms with Gasteiger partial charge in [-0.1, -0.05) is 35.3 Å². The van der Waals surface area contributed by atoms with E-state index in [9.17, 15) is 4.79 Å². The molecule has 1 amide bonds. The lowest BCUT2D eigenvalue weighted by Crippen LogP contribution is -2.18. The van der Waals surface area contributed by atoms with Crippen LogP contribution >= 0.6 is 23.2 Å². The van der Waals surface area contributed by atoms with E-state index in [0.29, 0.717) is 29.5 Å². The van der Waals surface area contributed by atoms with E-state index in [1.54, 1.807) is 24.4 Å². The van der Waals surface area contributed by atoms with Gasteiger partial charge in [-0.15, -0.1) is 0 Å². The van der Waals surface area contributed by atoms with Crippen molar-refractivity contribution < 1.29 is 9.53 Å². The molecule has 126 valence electrons. The highest BCUT2D eigenvalue weighted by Gasteiger charge is 2.02. The van der Waals surface area contributed by atoms with Crippen molar-refractivity contribution in [3.8, 4) is 5.75 Å². The first-order valence-electron chi connectivity index (χ1n) is 7.51. The molecule has 0 radical (unpaired) electrons. The van der Waals surface area contributed by atoms with E-state index in [1.807, 2.05) is 31.2 Å². The Kier molecular flexibility index (Phi) is 7.09. The molecule has 0 saturated carbocycles. The van der Waals surface area contributed by atoms with Crippen LogP contribution in [0.4, 0.5) is 0 Å². The van der Waals surface area contributed by atoms with Crippen LogP contribution in [0.2, 0.25) is 10.0 Å². The van der Waals surface area contributed by atoms with Crippen LogP contribution in [0.1, 0.15) is 24.0 Å². The molecule has 1 N–H and O–H groups in total. The molecule has 0 saturated heterocycles. The molecule has 4 nitrogen and oxygen atoms in total. The van der Waals surface area contributed by atoms with Gasteiger partial charge in [0.1, 0.15) is 5.75 Å². The number of carbonyl (C=O) groups excluding carboxylic acids is 1. The lowest BCUT2D eigenvalue weighted by Gasteiger charge is -2.08. The number of nitrogens with zero attached hydrogens (tertiary/aromatic N) is 1. The molecule has 0 aromatic heterocycles. The van der Waals surface area contributed by atoms with E-state index >= 15 is 0 Å². The minimum absolute atomic E-state index is 0.162. The summed E-state index contributed by atoms with van der Waals surface area (Å²) in [5, 5.41) is 5.21. The molecule has 24 heavy (non-hydrogen) atoms. The van der Waals surface area contributed by atoms with Crippen LogP contribution in [0.15, 0.2) is 47.6 Å². The zero-order valence-corrected chi connectivity index (χ0v) is 14.8. The monoisotopic (exact) mass is 364 g/mol. The standard InChI is InChI=1S/C18H18Cl2N2O2/c1-13-10-16(20)7-8-17(13)24-9-3-6-18(23)22-21-12-14-4-2-5-15(19)11-14/h2,4-5,7-8,10-12H,3,6,9H2,1H3,(H,22,23)/b21-12+. The highest BCUT2D eigenvalue weighted by molar-refractivity contribution is 6.31. The lowest BCUT2D eigenvalue weighted by atomic mass is 10.2. The molecule has 0 unspecified atom stereocenters. The Hall–Kier alpha value is -2.04. The maximum Gasteiger partial charge on any atom is 0.240 e. The van der Waals surface area contributed by atoms with Gasteiger partial charge in [0.25, 0.3) is 0 Å². The van der Waals surface area contributed by atoms with Gasteiger partial charge in [0.2, 0.25) is 5.91 Å². The fraction of sp³-hybridized carbons (Fsp3) is 0.222. The molecule has 6 heteroatoms. The van der Waals surface area contributed by atoms with Crippen molar-refractivity contribution in [3.05, 3.63) is 63.6 Å². The van der Waals surface area contributed by atoms with Crippen LogP contribution in [0, 0.1) is 6.92 Å². The first kappa shape index (κ1) is 18.3. The van der Waals surface area contributed by atoms with Crippen LogP contribution in [0.5, 0.6) is 5.75 Å². The Morgan fingerprint density at radius 3 is 2.75 bits per heavy atom. The van der Waals surface area contributed by atoms with E-state index in [-0.39, 0.29) is 5.91 Å². The third kappa shape index (κ3) is 6.22. The highest BCUT2D eigenvalue weighted by atomic mass is 35.5. The quantitative estimate of drug-likeness (QED) is 0.443. The predicted octanol–water partition coefficient (Wildman–Crippen LogP) is 4.61. The number of hydrogen-bond donors (Lipinski definition) is 1. The van der Waals surface area contributed by atoms with Crippen molar-refractivity contribution in [1.29, 1.82) is 0 Å². The Morgan fingerprint density at radius 1 is 1.21 bits per heavy atom. The zero-order chi connectivity index (χ0) is 17.4. The third-order valence-corrected chi connectivity index (χ3v) is 3.66. The average Bonchev–Trinajstić information content (AvgIpc) is 2.53. The fourth-order valence-corrected chi connectivity index (χ4v) is 2.44. The number of hydrazone groups is 1. The molecule has 2 aromatic rings. The Labute approximate surface area is 151 Å². The van der Waals surface area contributed by atoms with Crippen LogP contribution in [0.25, 0.3) is 0 Å². The van der Waals surface area contributed by atoms with Gasteiger partial charge >= 0.3 is 0 Å². The third-order valence-electron chi connectivity index (χ3n) is 3.19. The van der Waals surface area contributed by atoms with Gasteiger partial charge < -0.3 is 4.74 Å². The van der Waals surface area contributed by atoms with Crippen LogP contribution < -0.4 is 10.2 Å². The van der Waals surface area contributed by atoms with Gasteiger partial charge in [-0.25, -0.2) is 5.43 Å². The lowest BCUT2D eigenvalue weighted by molar-refractivity contribution is -0.121. The van der Waals surface area contributed by atoms with Gasteiger partial charge in [0.15, 0.2) is 0 Å². The smallest absolute Gasteiger partial charge is 0.240 e. The molecule has 0 atom stereocenters. The van der Waals surface area contributed by atoms with Crippen molar-refractivity contribution in [1.82, 2.24) is 5.43 Å². The van der Waals surface area contributed by atoms with Crippen LogP contribution in [0.3, 0.4) is 0 Å². The molecule has 0 bridgehead atoms. The maximum atomic E-state index is 11.7. The topological polar surface area (TPSA) is 50.7 Å². The molecule has 2 aromatic carbocycles. The SMILES string of the molecule is Cc1cc(Cl)ccc1OCCCC(=O)N/N=C/c1cccc(Cl)c1. The van der Waals surface area contributed by atoms with Gasteiger partial charge in [-0.05, 0) is 54.8 Å². The Morgan fingerprint density at radius 2 is 2.00 bits per heavy atom. The molecule has 0 fully saturated rings. The summed E-state index contributed by atoms with van der Waals surface area (Å²) in [5.41, 5.74) is 4.28. The number of rotatable bonds is 7. The Bertz CT molecular complexity index is 733. The summed E-state index contributed by atoms with van der Waals surface area (Å²) in [6, 6.07) is 12.7. The second-order valence-electron chi connectivity index (χ2n) is 5.21. The second-order valence-corrected chi connectivity index (χ2v) is 6.08. The first-order valence-corrected chi connectivity index (χ1v) is 8.26. The second kappa shape index (κ2) is 9.30. The molecular formula is C18H18Cl2N2O2. The molecule has 0 aliphatic rings. The maximum absolute atomic E-state index is 11.7. The van der Waals surface area contributed by atoms with Crippen molar-refractivity contribution in [2.24, 2.45) is 5.10 Å². The van der Waals surface area contributed by atoms with Crippen molar-refractivity contribution in [2.75, 3.05) is 6.61 Å². The number of aryl methyl sites for hydroxylation is 1. The van der Waals surface area contributed by atoms with E-state index in [4.69, 9.17) is 27.9 Å². The van der Waals surface area contributed by atoms with Gasteiger partial charge in [-0.2, -0.15) is 5.10 Å². The molecule has 0 heterocycles. The van der Waals surface area contributed by atoms with E-state index in [2.05, 4.69) is 10.5 Å². The average molecular weight is 365 g/mol. The van der Waals surface area contributed by atoms with E-state index < -0.39 is 0 Å². The summed E-state index contributed by atoms with van der Waals surface area (Å²) in [7, 11) is 0. The van der Waals surface area contributed by atoms with Gasteiger partial charge in [0, 0.05) is 16.5 Å². The molecule has 0 aliphatic carbocycles. The minimum atomic E-state index is -0.162. The number of hydrogen-bond acceptors (Lipinski definition) is 3.